The molecule has 0 spiro atoms. The number of sulfone groups is 1. The second-order valence-electron chi connectivity index (χ2n) is 8.25. The third kappa shape index (κ3) is 4.67. The molecule has 2 atom stereocenters. The van der Waals surface area contributed by atoms with Crippen LogP contribution < -0.4 is 14.2 Å². The number of ether oxygens (including phenoxy) is 3. The molecule has 0 aromatic heterocycles. The lowest BCUT2D eigenvalue weighted by molar-refractivity contribution is 0.180. The third-order valence-electron chi connectivity index (χ3n) is 6.17. The number of rotatable bonds is 7. The first kappa shape index (κ1) is 22.0. The second-order valence-corrected chi connectivity index (χ2v) is 10.5. The van der Waals surface area contributed by atoms with Crippen molar-refractivity contribution in [3.05, 3.63) is 48.0 Å². The first-order chi connectivity index (χ1) is 15.0. The highest BCUT2D eigenvalue weighted by Crippen LogP contribution is 2.45. The Morgan fingerprint density at radius 2 is 1.81 bits per heavy atom. The number of methoxy groups -OCH3 is 1. The minimum Gasteiger partial charge on any atom is -0.494 e. The highest BCUT2D eigenvalue weighted by molar-refractivity contribution is 7.92. The standard InChI is InChI=1S/C24H31NO5S/c1-18-23(30-24-21(28-2)8-6-9-22(24)31(18,26)27)19-10-12-20(13-11-19)29-17-7-16-25-14-4-3-5-15-25/h6,8-13,18,23H,3-5,7,14-17H2,1-2H3/t18-,23+/m0/s1. The molecule has 2 aromatic rings. The van der Waals surface area contributed by atoms with Gasteiger partial charge >= 0.3 is 0 Å². The van der Waals surface area contributed by atoms with E-state index in [0.717, 1.165) is 24.3 Å². The van der Waals surface area contributed by atoms with Crippen LogP contribution in [0.5, 0.6) is 17.2 Å². The molecule has 7 heteroatoms. The van der Waals surface area contributed by atoms with Crippen LogP contribution in [0.4, 0.5) is 0 Å². The number of fused-ring (bicyclic) bond motifs is 1. The highest BCUT2D eigenvalue weighted by atomic mass is 32.2. The zero-order valence-electron chi connectivity index (χ0n) is 18.2. The van der Waals surface area contributed by atoms with Crippen LogP contribution in [0, 0.1) is 0 Å². The van der Waals surface area contributed by atoms with Crippen LogP contribution in [-0.4, -0.2) is 51.9 Å². The first-order valence-corrected chi connectivity index (χ1v) is 12.6. The van der Waals surface area contributed by atoms with Crippen LogP contribution in [0.15, 0.2) is 47.4 Å². The Balaban J connectivity index is 1.41. The van der Waals surface area contributed by atoms with E-state index in [0.29, 0.717) is 12.4 Å². The van der Waals surface area contributed by atoms with Gasteiger partial charge in [-0.15, -0.1) is 0 Å². The molecule has 0 radical (unpaired) electrons. The van der Waals surface area contributed by atoms with Gasteiger partial charge in [0.1, 0.15) is 22.0 Å². The van der Waals surface area contributed by atoms with E-state index in [2.05, 4.69) is 4.90 Å². The molecule has 0 bridgehead atoms. The topological polar surface area (TPSA) is 65.1 Å². The summed E-state index contributed by atoms with van der Waals surface area (Å²) in [6, 6.07) is 12.5. The fourth-order valence-corrected chi connectivity index (χ4v) is 5.95. The van der Waals surface area contributed by atoms with Gasteiger partial charge in [0, 0.05) is 6.54 Å². The van der Waals surface area contributed by atoms with E-state index in [1.165, 1.54) is 39.5 Å². The van der Waals surface area contributed by atoms with Crippen molar-refractivity contribution in [3.8, 4) is 17.2 Å². The molecule has 1 fully saturated rings. The van der Waals surface area contributed by atoms with Crippen molar-refractivity contribution in [3.63, 3.8) is 0 Å². The van der Waals surface area contributed by atoms with Crippen LogP contribution in [0.3, 0.4) is 0 Å². The molecule has 2 aliphatic heterocycles. The second kappa shape index (κ2) is 9.49. The summed E-state index contributed by atoms with van der Waals surface area (Å²) in [4.78, 5) is 2.69. The average Bonchev–Trinajstić information content (AvgIpc) is 2.80. The third-order valence-corrected chi connectivity index (χ3v) is 8.34. The first-order valence-electron chi connectivity index (χ1n) is 11.0. The van der Waals surface area contributed by atoms with Gasteiger partial charge in [-0.1, -0.05) is 24.6 Å². The summed E-state index contributed by atoms with van der Waals surface area (Å²) in [7, 11) is -2.02. The van der Waals surface area contributed by atoms with Crippen LogP contribution in [-0.2, 0) is 9.84 Å². The van der Waals surface area contributed by atoms with Crippen molar-refractivity contribution in [1.82, 2.24) is 4.90 Å². The van der Waals surface area contributed by atoms with Crippen LogP contribution in [0.25, 0.3) is 0 Å². The minimum atomic E-state index is -3.53. The van der Waals surface area contributed by atoms with Gasteiger partial charge in [-0.2, -0.15) is 0 Å². The van der Waals surface area contributed by atoms with Gasteiger partial charge in [-0.25, -0.2) is 8.42 Å². The summed E-state index contributed by atoms with van der Waals surface area (Å²) >= 11 is 0. The van der Waals surface area contributed by atoms with Crippen LogP contribution in [0.1, 0.15) is 44.3 Å². The number of piperidine rings is 1. The van der Waals surface area contributed by atoms with Gasteiger partial charge in [0.2, 0.25) is 0 Å². The summed E-state index contributed by atoms with van der Waals surface area (Å²) in [5.74, 6) is 1.49. The van der Waals surface area contributed by atoms with Gasteiger partial charge in [-0.05, 0) is 69.1 Å². The molecular weight excluding hydrogens is 414 g/mol. The highest BCUT2D eigenvalue weighted by Gasteiger charge is 2.41. The van der Waals surface area contributed by atoms with E-state index in [-0.39, 0.29) is 10.6 Å². The van der Waals surface area contributed by atoms with E-state index in [4.69, 9.17) is 14.2 Å². The molecule has 0 amide bonds. The van der Waals surface area contributed by atoms with Crippen molar-refractivity contribution < 1.29 is 22.6 Å². The SMILES string of the molecule is COc1cccc2c1O[C@@H](c1ccc(OCCCN3CCCCC3)cc1)[C@H](C)S2(=O)=O. The van der Waals surface area contributed by atoms with Gasteiger partial charge in [-0.3, -0.25) is 0 Å². The van der Waals surface area contributed by atoms with Gasteiger partial charge in [0.05, 0.1) is 13.7 Å². The molecule has 31 heavy (non-hydrogen) atoms. The van der Waals surface area contributed by atoms with Crippen LogP contribution in [0.2, 0.25) is 0 Å². The Labute approximate surface area is 185 Å². The Morgan fingerprint density at radius 1 is 1.06 bits per heavy atom. The summed E-state index contributed by atoms with van der Waals surface area (Å²) < 4.78 is 43.5. The Kier molecular flexibility index (Phi) is 6.72. The monoisotopic (exact) mass is 445 g/mol. The maximum atomic E-state index is 13.1. The molecule has 1 saturated heterocycles. The number of para-hydroxylation sites is 1. The zero-order valence-corrected chi connectivity index (χ0v) is 19.1. The molecule has 0 aliphatic carbocycles. The van der Waals surface area contributed by atoms with Gasteiger partial charge < -0.3 is 19.1 Å². The molecule has 0 unspecified atom stereocenters. The number of benzene rings is 2. The molecule has 0 N–H and O–H groups in total. The maximum absolute atomic E-state index is 13.1. The molecule has 168 valence electrons. The lowest BCUT2D eigenvalue weighted by atomic mass is 10.1. The molecule has 4 rings (SSSR count). The summed E-state index contributed by atoms with van der Waals surface area (Å²) in [5.41, 5.74) is 0.799. The van der Waals surface area contributed by atoms with Crippen molar-refractivity contribution in [2.45, 2.75) is 48.9 Å². The smallest absolute Gasteiger partial charge is 0.188 e. The molecule has 2 aliphatic rings. The summed E-state index contributed by atoms with van der Waals surface area (Å²) in [5, 5.41) is -0.705. The Morgan fingerprint density at radius 3 is 2.52 bits per heavy atom. The summed E-state index contributed by atoms with van der Waals surface area (Å²) in [6.07, 6.45) is 4.34. The molecule has 0 saturated carbocycles. The van der Waals surface area contributed by atoms with Gasteiger partial charge in [0.15, 0.2) is 21.3 Å². The fraction of sp³-hybridized carbons (Fsp3) is 0.500. The average molecular weight is 446 g/mol. The van der Waals surface area contributed by atoms with Crippen molar-refractivity contribution in [2.24, 2.45) is 0 Å². The van der Waals surface area contributed by atoms with E-state index in [9.17, 15) is 8.42 Å². The van der Waals surface area contributed by atoms with Crippen molar-refractivity contribution in [1.29, 1.82) is 0 Å². The van der Waals surface area contributed by atoms with Crippen molar-refractivity contribution >= 4 is 9.84 Å². The Hall–Kier alpha value is -2.25. The molecule has 2 aromatic carbocycles. The molecule has 2 heterocycles. The lowest BCUT2D eigenvalue weighted by Crippen LogP contribution is -2.34. The molecular formula is C24H31NO5S. The van der Waals surface area contributed by atoms with E-state index in [1.807, 2.05) is 24.3 Å². The Bertz CT molecular complexity index is 984. The lowest BCUT2D eigenvalue weighted by Gasteiger charge is -2.32. The fourth-order valence-electron chi connectivity index (χ4n) is 4.34. The predicted octanol–water partition coefficient (Wildman–Crippen LogP) is 4.25. The van der Waals surface area contributed by atoms with E-state index >= 15 is 0 Å². The largest absolute Gasteiger partial charge is 0.494 e. The summed E-state index contributed by atoms with van der Waals surface area (Å²) in [6.45, 7) is 5.83. The predicted molar refractivity (Wildman–Crippen MR) is 120 cm³/mol. The zero-order chi connectivity index (χ0) is 21.8. The number of hydrogen-bond donors (Lipinski definition) is 0. The molecule has 6 nitrogen and oxygen atoms in total. The van der Waals surface area contributed by atoms with Gasteiger partial charge in [0.25, 0.3) is 0 Å². The minimum absolute atomic E-state index is 0.184. The van der Waals surface area contributed by atoms with E-state index < -0.39 is 21.2 Å². The van der Waals surface area contributed by atoms with Crippen molar-refractivity contribution in [2.75, 3.05) is 33.4 Å². The van der Waals surface area contributed by atoms with E-state index in [1.54, 1.807) is 25.1 Å². The quantitative estimate of drug-likeness (QED) is 0.594. The maximum Gasteiger partial charge on any atom is 0.188 e. The number of hydrogen-bond acceptors (Lipinski definition) is 6. The normalized spacial score (nSPS) is 22.9. The van der Waals surface area contributed by atoms with Crippen LogP contribution >= 0.6 is 0 Å². The number of likely N-dealkylation sites (tertiary alicyclic amines) is 1. The number of nitrogens with zero attached hydrogens (tertiary/aromatic N) is 1.